The summed E-state index contributed by atoms with van der Waals surface area (Å²) in [5.41, 5.74) is 1.72. The number of methoxy groups -OCH3 is 1. The van der Waals surface area contributed by atoms with Gasteiger partial charge in [0.25, 0.3) is 0 Å². The molecule has 0 amide bonds. The number of fused-ring (bicyclic) bond motifs is 2. The minimum Gasteiger partial charge on any atom is -0.508 e. The van der Waals surface area contributed by atoms with Crippen molar-refractivity contribution < 1.29 is 19.3 Å². The Morgan fingerprint density at radius 3 is 2.76 bits per heavy atom. The molecule has 5 rings (SSSR count). The second-order valence-corrected chi connectivity index (χ2v) is 8.37. The summed E-state index contributed by atoms with van der Waals surface area (Å²) in [6.07, 6.45) is 2.41. The van der Waals surface area contributed by atoms with Crippen LogP contribution in [-0.2, 0) is 6.42 Å². The number of aliphatic hydroxyl groups is 1. The number of nitrogens with zero attached hydrogens (tertiary/aromatic N) is 4. The molecule has 2 aromatic carbocycles. The molecule has 2 atom stereocenters. The fourth-order valence-electron chi connectivity index (χ4n) is 4.71. The Morgan fingerprint density at radius 1 is 1.24 bits per heavy atom. The van der Waals surface area contributed by atoms with Gasteiger partial charge in [-0.05, 0) is 48.2 Å². The van der Waals surface area contributed by atoms with Crippen LogP contribution in [-0.4, -0.2) is 51.0 Å². The second-order valence-electron chi connectivity index (χ2n) is 8.37. The molecule has 4 aromatic rings. The first-order chi connectivity index (χ1) is 15.9. The Morgan fingerprint density at radius 2 is 2.06 bits per heavy atom. The summed E-state index contributed by atoms with van der Waals surface area (Å²) >= 11 is 0. The van der Waals surface area contributed by atoms with Crippen molar-refractivity contribution >= 4 is 27.5 Å². The van der Waals surface area contributed by atoms with E-state index >= 15 is 4.39 Å². The van der Waals surface area contributed by atoms with Crippen LogP contribution < -0.4 is 9.64 Å². The molecule has 0 aliphatic carbocycles. The lowest BCUT2D eigenvalue weighted by atomic mass is 9.95. The van der Waals surface area contributed by atoms with Crippen LogP contribution in [0.15, 0.2) is 36.5 Å². The number of aromatic hydroxyl groups is 1. The first-order valence-corrected chi connectivity index (χ1v) is 11.0. The number of aryl methyl sites for hydroxylation is 1. The van der Waals surface area contributed by atoms with Crippen LogP contribution >= 0.6 is 0 Å². The van der Waals surface area contributed by atoms with E-state index < -0.39 is 11.9 Å². The van der Waals surface area contributed by atoms with Gasteiger partial charge in [-0.1, -0.05) is 25.1 Å². The molecule has 1 saturated heterocycles. The number of halogens is 1. The van der Waals surface area contributed by atoms with Crippen LogP contribution in [0.4, 0.5) is 10.2 Å². The number of ether oxygens (including phenoxy) is 1. The molecular formula is C25H25FN4O3. The van der Waals surface area contributed by atoms with Crippen LogP contribution in [0.25, 0.3) is 32.9 Å². The lowest BCUT2D eigenvalue weighted by Gasteiger charge is -2.25. The molecule has 1 fully saturated rings. The van der Waals surface area contributed by atoms with E-state index in [4.69, 9.17) is 4.74 Å². The Hall–Kier alpha value is -3.52. The summed E-state index contributed by atoms with van der Waals surface area (Å²) in [6.45, 7) is 4.52. The molecule has 7 nitrogen and oxygen atoms in total. The molecule has 170 valence electrons. The van der Waals surface area contributed by atoms with Gasteiger partial charge in [0.05, 0.1) is 24.6 Å². The maximum Gasteiger partial charge on any atom is 0.318 e. The summed E-state index contributed by atoms with van der Waals surface area (Å²) in [4.78, 5) is 15.2. The lowest BCUT2D eigenvalue weighted by molar-refractivity contribution is 0.170. The monoisotopic (exact) mass is 448 g/mol. The standard InChI is InChI=1S/C25H25FN4O3/c1-4-14-6-5-7-15-10-16(31)11-17(20(14)15)22-21(26)23-18(12-27-22)24(29-25(28-23)33-3)30-9-8-19(32)13(30)2/h5-7,10-13,19,31-32H,4,8-9H2,1-3H3/t13?,19-/m0/s1. The summed E-state index contributed by atoms with van der Waals surface area (Å²) in [5.74, 6) is -0.0959. The molecule has 33 heavy (non-hydrogen) atoms. The molecular weight excluding hydrogens is 423 g/mol. The third kappa shape index (κ3) is 3.41. The number of hydrogen-bond acceptors (Lipinski definition) is 7. The number of aliphatic hydroxyl groups excluding tert-OH is 1. The van der Waals surface area contributed by atoms with Crippen LogP contribution in [0.1, 0.15) is 25.8 Å². The molecule has 1 unspecified atom stereocenters. The molecule has 0 radical (unpaired) electrons. The third-order valence-electron chi connectivity index (χ3n) is 6.50. The van der Waals surface area contributed by atoms with Crippen molar-refractivity contribution in [1.29, 1.82) is 0 Å². The zero-order valence-corrected chi connectivity index (χ0v) is 18.7. The smallest absolute Gasteiger partial charge is 0.318 e. The largest absolute Gasteiger partial charge is 0.508 e. The number of aromatic nitrogens is 3. The Kier molecular flexibility index (Phi) is 5.25. The van der Waals surface area contributed by atoms with Crippen LogP contribution in [0, 0.1) is 5.82 Å². The van der Waals surface area contributed by atoms with Gasteiger partial charge in [0.1, 0.15) is 22.8 Å². The molecule has 3 heterocycles. The van der Waals surface area contributed by atoms with E-state index in [0.29, 0.717) is 29.7 Å². The van der Waals surface area contributed by atoms with Crippen molar-refractivity contribution in [2.24, 2.45) is 0 Å². The van der Waals surface area contributed by atoms with Crippen LogP contribution in [0.3, 0.4) is 0 Å². The first-order valence-electron chi connectivity index (χ1n) is 11.0. The van der Waals surface area contributed by atoms with Gasteiger partial charge in [-0.2, -0.15) is 9.97 Å². The fourth-order valence-corrected chi connectivity index (χ4v) is 4.71. The number of benzene rings is 2. The predicted octanol–water partition coefficient (Wildman–Crippen LogP) is 4.22. The summed E-state index contributed by atoms with van der Waals surface area (Å²) < 4.78 is 21.3. The minimum atomic E-state index is -0.611. The highest BCUT2D eigenvalue weighted by atomic mass is 19.1. The molecule has 8 heteroatoms. The highest BCUT2D eigenvalue weighted by molar-refractivity contribution is 6.01. The van der Waals surface area contributed by atoms with E-state index in [1.807, 2.05) is 36.9 Å². The molecule has 1 aliphatic heterocycles. The number of rotatable bonds is 4. The highest BCUT2D eigenvalue weighted by Gasteiger charge is 2.32. The maximum absolute atomic E-state index is 16.0. The first kappa shape index (κ1) is 21.3. The third-order valence-corrected chi connectivity index (χ3v) is 6.50. The number of anilines is 1. The van der Waals surface area contributed by atoms with Gasteiger partial charge in [0.2, 0.25) is 0 Å². The van der Waals surface area contributed by atoms with Crippen molar-refractivity contribution in [2.45, 2.75) is 38.8 Å². The second kappa shape index (κ2) is 8.12. The molecule has 0 saturated carbocycles. The number of phenols is 1. The van der Waals surface area contributed by atoms with E-state index in [9.17, 15) is 10.2 Å². The average Bonchev–Trinajstić information content (AvgIpc) is 3.15. The zero-order valence-electron chi connectivity index (χ0n) is 18.7. The van der Waals surface area contributed by atoms with Crippen molar-refractivity contribution in [1.82, 2.24) is 15.0 Å². The minimum absolute atomic E-state index is 0.0351. The van der Waals surface area contributed by atoms with E-state index in [1.165, 1.54) is 13.2 Å². The van der Waals surface area contributed by atoms with E-state index in [-0.39, 0.29) is 29.0 Å². The number of phenolic OH excluding ortho intramolecular Hbond substituents is 1. The van der Waals surface area contributed by atoms with Crippen LogP contribution in [0.5, 0.6) is 11.8 Å². The summed E-state index contributed by atoms with van der Waals surface area (Å²) in [7, 11) is 1.43. The van der Waals surface area contributed by atoms with E-state index in [1.54, 1.807) is 12.3 Å². The molecule has 2 aromatic heterocycles. The Balaban J connectivity index is 1.79. The summed E-state index contributed by atoms with van der Waals surface area (Å²) in [5, 5.41) is 22.7. The zero-order chi connectivity index (χ0) is 23.3. The van der Waals surface area contributed by atoms with Gasteiger partial charge < -0.3 is 19.8 Å². The highest BCUT2D eigenvalue weighted by Crippen LogP contribution is 2.39. The molecule has 1 aliphatic rings. The van der Waals surface area contributed by atoms with Gasteiger partial charge in [-0.15, -0.1) is 0 Å². The quantitative estimate of drug-likeness (QED) is 0.483. The SMILES string of the molecule is CCc1cccc2cc(O)cc(-c3ncc4c(N5CC[C@H](O)C5C)nc(OC)nc4c3F)c12. The molecule has 0 spiro atoms. The van der Waals surface area contributed by atoms with Gasteiger partial charge in [0, 0.05) is 18.3 Å². The topological polar surface area (TPSA) is 91.6 Å². The van der Waals surface area contributed by atoms with E-state index in [0.717, 1.165) is 22.8 Å². The lowest BCUT2D eigenvalue weighted by Crippen LogP contribution is -2.33. The fraction of sp³-hybridized carbons (Fsp3) is 0.320. The van der Waals surface area contributed by atoms with Crippen molar-refractivity contribution in [3.63, 3.8) is 0 Å². The summed E-state index contributed by atoms with van der Waals surface area (Å²) in [6, 6.07) is 8.86. The Bertz CT molecular complexity index is 1380. The van der Waals surface area contributed by atoms with Crippen molar-refractivity contribution in [3.05, 3.63) is 47.9 Å². The van der Waals surface area contributed by atoms with Gasteiger partial charge in [-0.25, -0.2) is 4.39 Å². The van der Waals surface area contributed by atoms with Gasteiger partial charge in [0.15, 0.2) is 5.82 Å². The number of pyridine rings is 1. The molecule has 2 N–H and O–H groups in total. The number of hydrogen-bond donors (Lipinski definition) is 2. The Labute approximate surface area is 190 Å². The normalized spacial score (nSPS) is 18.4. The van der Waals surface area contributed by atoms with Crippen LogP contribution in [0.2, 0.25) is 0 Å². The van der Waals surface area contributed by atoms with Gasteiger partial charge >= 0.3 is 6.01 Å². The van der Waals surface area contributed by atoms with Gasteiger partial charge in [-0.3, -0.25) is 4.98 Å². The maximum atomic E-state index is 16.0. The predicted molar refractivity (Wildman–Crippen MR) is 125 cm³/mol. The molecule has 0 bridgehead atoms. The van der Waals surface area contributed by atoms with Crippen molar-refractivity contribution in [3.8, 4) is 23.0 Å². The average molecular weight is 448 g/mol. The van der Waals surface area contributed by atoms with E-state index in [2.05, 4.69) is 15.0 Å². The van der Waals surface area contributed by atoms with Crippen molar-refractivity contribution in [2.75, 3.05) is 18.6 Å².